The maximum absolute atomic E-state index is 12.7. The summed E-state index contributed by atoms with van der Waals surface area (Å²) in [7, 11) is 2.18. The van der Waals surface area contributed by atoms with E-state index in [-0.39, 0.29) is 11.8 Å². The van der Waals surface area contributed by atoms with Crippen molar-refractivity contribution in [2.75, 3.05) is 44.7 Å². The van der Waals surface area contributed by atoms with Crippen molar-refractivity contribution in [3.63, 3.8) is 0 Å². The van der Waals surface area contributed by atoms with Crippen LogP contribution in [-0.4, -0.2) is 135 Å². The van der Waals surface area contributed by atoms with Crippen molar-refractivity contribution in [3.8, 4) is 6.01 Å². The molecule has 7 rings (SSSR count). The number of hydrogen-bond donors (Lipinski definition) is 4. The summed E-state index contributed by atoms with van der Waals surface area (Å²) in [6.07, 6.45) is -8.91. The van der Waals surface area contributed by atoms with Gasteiger partial charge in [0.25, 0.3) is 0 Å². The molecule has 2 bridgehead atoms. The number of rotatable bonds is 5. The molecule has 4 N–H and O–H groups in total. The Morgan fingerprint density at radius 1 is 0.842 bits per heavy atom. The zero-order valence-electron chi connectivity index (χ0n) is 30.1. The number of Topliss-reactive ketones (excluding diaryl/α,β-unsaturated/α-hetero) is 1. The Balaban J connectivity index is 0.000000283. The Morgan fingerprint density at radius 3 is 1.89 bits per heavy atom. The molecule has 23 heteroatoms. The Kier molecular flexibility index (Phi) is 14.4. The summed E-state index contributed by atoms with van der Waals surface area (Å²) in [6.45, 7) is 5.41. The fourth-order valence-electron chi connectivity index (χ4n) is 7.09. The van der Waals surface area contributed by atoms with Crippen LogP contribution in [0.15, 0.2) is 24.3 Å². The fourth-order valence-corrected chi connectivity index (χ4v) is 7.09. The number of carboxylic acids is 3. The lowest BCUT2D eigenvalue weighted by Gasteiger charge is -2.38. The number of benzene rings is 1. The van der Waals surface area contributed by atoms with Crippen molar-refractivity contribution < 1.29 is 78.7 Å². The molecule has 0 radical (unpaired) electrons. The monoisotopic (exact) mass is 830 g/mol. The fraction of sp³-hybridized carbons (Fsp3) is 0.588. The van der Waals surface area contributed by atoms with Crippen molar-refractivity contribution in [1.82, 2.24) is 25.1 Å². The van der Waals surface area contributed by atoms with Gasteiger partial charge in [-0.3, -0.25) is 9.69 Å². The number of hydrogen-bond acceptors (Lipinski definition) is 11. The number of aliphatic carboxylic acids is 3. The maximum Gasteiger partial charge on any atom is 0.490 e. The van der Waals surface area contributed by atoms with Gasteiger partial charge in [0.05, 0.1) is 5.69 Å². The number of carbonyl (C=O) groups excluding carboxylic acids is 1. The highest BCUT2D eigenvalue weighted by Gasteiger charge is 2.41. The van der Waals surface area contributed by atoms with E-state index in [9.17, 15) is 44.3 Å². The number of likely N-dealkylation sites (tertiary alicyclic amines) is 1. The van der Waals surface area contributed by atoms with Crippen LogP contribution in [0, 0.1) is 0 Å². The second kappa shape index (κ2) is 18.2. The summed E-state index contributed by atoms with van der Waals surface area (Å²) in [6, 6.07) is 10.3. The first-order valence-electron chi connectivity index (χ1n) is 17.5. The topological polar surface area (TPSA) is 186 Å². The lowest BCUT2D eigenvalue weighted by Crippen LogP contribution is -2.52. The van der Waals surface area contributed by atoms with Gasteiger partial charge in [0.1, 0.15) is 12.4 Å². The van der Waals surface area contributed by atoms with Crippen LogP contribution >= 0.6 is 0 Å². The average Bonchev–Trinajstić information content (AvgIpc) is 3.81. The highest BCUT2D eigenvalue weighted by atomic mass is 19.4. The molecule has 316 valence electrons. The van der Waals surface area contributed by atoms with E-state index in [0.717, 1.165) is 56.2 Å². The summed E-state index contributed by atoms with van der Waals surface area (Å²) in [5, 5.41) is 25.1. The van der Waals surface area contributed by atoms with E-state index in [1.165, 1.54) is 36.8 Å². The van der Waals surface area contributed by atoms with Gasteiger partial charge in [0, 0.05) is 67.9 Å². The third-order valence-electron chi connectivity index (χ3n) is 9.81. The first-order valence-corrected chi connectivity index (χ1v) is 17.5. The Morgan fingerprint density at radius 2 is 1.39 bits per heavy atom. The number of aromatic nitrogens is 2. The van der Waals surface area contributed by atoms with Gasteiger partial charge in [0.15, 0.2) is 5.78 Å². The van der Waals surface area contributed by atoms with Crippen molar-refractivity contribution in [2.24, 2.45) is 0 Å². The molecule has 14 nitrogen and oxygen atoms in total. The zero-order chi connectivity index (χ0) is 42.5. The molecule has 0 saturated carbocycles. The molecule has 5 aliphatic rings. The van der Waals surface area contributed by atoms with E-state index in [0.29, 0.717) is 37.2 Å². The smallest absolute Gasteiger partial charge is 0.475 e. The molecule has 3 fully saturated rings. The number of fused-ring (bicyclic) bond motifs is 4. The van der Waals surface area contributed by atoms with Crippen LogP contribution in [0.3, 0.4) is 0 Å². The van der Waals surface area contributed by atoms with Crippen molar-refractivity contribution >= 4 is 29.5 Å². The van der Waals surface area contributed by atoms with Crippen molar-refractivity contribution in [2.45, 2.75) is 87.8 Å². The van der Waals surface area contributed by atoms with Crippen LogP contribution in [0.1, 0.15) is 65.3 Å². The van der Waals surface area contributed by atoms with E-state index in [4.69, 9.17) is 44.4 Å². The van der Waals surface area contributed by atoms with Gasteiger partial charge < -0.3 is 35.2 Å². The number of ketones is 1. The Labute approximate surface area is 318 Å². The number of halogens is 9. The predicted molar refractivity (Wildman–Crippen MR) is 179 cm³/mol. The molecule has 4 aliphatic heterocycles. The number of carbonyl (C=O) groups is 4. The maximum atomic E-state index is 12.7. The second-order valence-electron chi connectivity index (χ2n) is 13.7. The molecule has 2 aromatic rings. The molecule has 1 aromatic carbocycles. The van der Waals surface area contributed by atoms with E-state index in [1.807, 2.05) is 18.2 Å². The normalized spacial score (nSPS) is 23.1. The third kappa shape index (κ3) is 12.1. The van der Waals surface area contributed by atoms with Crippen LogP contribution in [-0.2, 0) is 27.3 Å². The lowest BCUT2D eigenvalue weighted by molar-refractivity contribution is -0.193. The second-order valence-corrected chi connectivity index (χ2v) is 13.7. The SMILES string of the molecule is CN1CCC[C@H]1COc1nc2c(c(N3C[C@H]4CC[C@@H](C3)N4)n1)CCN(C1CC(=O)c3ccccc31)C2.O=C(O)C(F)(F)F.O=C(O)C(F)(F)F.O=C(O)C(F)(F)F. The summed E-state index contributed by atoms with van der Waals surface area (Å²) >= 11 is 0. The van der Waals surface area contributed by atoms with Gasteiger partial charge in [-0.15, -0.1) is 0 Å². The molecule has 57 heavy (non-hydrogen) atoms. The molecule has 1 aromatic heterocycles. The van der Waals surface area contributed by atoms with E-state index in [2.05, 4.69) is 33.1 Å². The van der Waals surface area contributed by atoms with E-state index in [1.54, 1.807) is 0 Å². The van der Waals surface area contributed by atoms with Crippen LogP contribution in [0.2, 0.25) is 0 Å². The largest absolute Gasteiger partial charge is 0.490 e. The van der Waals surface area contributed by atoms with E-state index < -0.39 is 36.4 Å². The highest BCUT2D eigenvalue weighted by Crippen LogP contribution is 2.40. The number of ether oxygens (including phenoxy) is 1. The molecular formula is C34H39F9N6O8. The quantitative estimate of drug-likeness (QED) is 0.309. The van der Waals surface area contributed by atoms with Gasteiger partial charge >= 0.3 is 42.4 Å². The molecular weight excluding hydrogens is 791 g/mol. The first kappa shape index (κ1) is 44.9. The van der Waals surface area contributed by atoms with E-state index >= 15 is 0 Å². The third-order valence-corrected chi connectivity index (χ3v) is 9.81. The number of piperazine rings is 1. The molecule has 1 unspecified atom stereocenters. The Bertz CT molecular complexity index is 1710. The lowest BCUT2D eigenvalue weighted by atomic mass is 10.00. The van der Waals surface area contributed by atoms with Gasteiger partial charge in [-0.1, -0.05) is 24.3 Å². The number of nitrogens with one attached hydrogen (secondary N) is 1. The van der Waals surface area contributed by atoms with Gasteiger partial charge in [-0.05, 0) is 51.3 Å². The van der Waals surface area contributed by atoms with Gasteiger partial charge in [-0.2, -0.15) is 49.5 Å². The predicted octanol–water partition coefficient (Wildman–Crippen LogP) is 4.48. The number of carboxylic acid groups (broad SMARTS) is 3. The number of alkyl halides is 9. The standard InChI is InChI=1S/C28H36N6O2.3C2HF3O2/c1-32-11-4-5-20(32)17-36-28-30-24-16-33(25-13-26(35)22-7-3-2-6-21(22)25)12-10-23(24)27(31-28)34-14-18-8-9-19(15-34)29-18;3*3-2(4,5)1(6)7/h2-3,6-7,18-20,25,29H,4-5,8-17H2,1H3;3*(H,6,7)/t18-,19+,20-,25?;;;/m0.../s1. The van der Waals surface area contributed by atoms with Crippen LogP contribution < -0.4 is 15.0 Å². The molecule has 1 aliphatic carbocycles. The molecule has 0 amide bonds. The summed E-state index contributed by atoms with van der Waals surface area (Å²) in [5.74, 6) is -6.94. The Hall–Kier alpha value is -4.77. The zero-order valence-corrected chi connectivity index (χ0v) is 30.1. The summed E-state index contributed by atoms with van der Waals surface area (Å²) in [4.78, 5) is 56.7. The van der Waals surface area contributed by atoms with Crippen molar-refractivity contribution in [3.05, 3.63) is 46.6 Å². The molecule has 4 atom stereocenters. The number of nitrogens with zero attached hydrogens (tertiary/aromatic N) is 5. The minimum atomic E-state index is -5.08. The molecule has 5 heterocycles. The molecule has 0 spiro atoms. The van der Waals surface area contributed by atoms with Crippen LogP contribution in [0.4, 0.5) is 45.3 Å². The van der Waals surface area contributed by atoms with Gasteiger partial charge in [0.2, 0.25) is 0 Å². The summed E-state index contributed by atoms with van der Waals surface area (Å²) < 4.78 is 101. The van der Waals surface area contributed by atoms with Crippen LogP contribution in [0.5, 0.6) is 6.01 Å². The minimum absolute atomic E-state index is 0.131. The molecule has 3 saturated heterocycles. The summed E-state index contributed by atoms with van der Waals surface area (Å²) in [5.41, 5.74) is 4.40. The number of likely N-dealkylation sites (N-methyl/N-ethyl adjacent to an activating group) is 1. The van der Waals surface area contributed by atoms with Crippen molar-refractivity contribution in [1.29, 1.82) is 0 Å². The minimum Gasteiger partial charge on any atom is -0.475 e. The first-order chi connectivity index (χ1) is 26.4. The average molecular weight is 831 g/mol. The van der Waals surface area contributed by atoms with Gasteiger partial charge in [-0.25, -0.2) is 14.4 Å². The van der Waals surface area contributed by atoms with Crippen LogP contribution in [0.25, 0.3) is 0 Å². The number of anilines is 1. The highest BCUT2D eigenvalue weighted by molar-refractivity contribution is 6.01.